The van der Waals surface area contributed by atoms with Gasteiger partial charge in [-0.1, -0.05) is 153 Å². The Bertz CT molecular complexity index is 1470. The summed E-state index contributed by atoms with van der Waals surface area (Å²) in [5.41, 5.74) is 0. The molecule has 6 fully saturated rings. The second-order valence-electron chi connectivity index (χ2n) is 22.5. The van der Waals surface area contributed by atoms with E-state index in [-0.39, 0.29) is 72.9 Å². The number of hydrogen-bond acceptors (Lipinski definition) is 8. The minimum absolute atomic E-state index is 0.0679. The van der Waals surface area contributed by atoms with Crippen LogP contribution in [0.15, 0.2) is 0 Å². The number of fused-ring (bicyclic) bond motifs is 1. The van der Waals surface area contributed by atoms with Crippen molar-refractivity contribution < 1.29 is 46.8 Å². The summed E-state index contributed by atoms with van der Waals surface area (Å²) in [6.45, 7) is 6.27. The number of halogens is 2. The van der Waals surface area contributed by atoms with Gasteiger partial charge < -0.3 is 28.4 Å². The lowest BCUT2D eigenvalue weighted by molar-refractivity contribution is -0.161. The van der Waals surface area contributed by atoms with E-state index in [4.69, 9.17) is 28.4 Å². The number of hydrogen-bond donors (Lipinski definition) is 0. The van der Waals surface area contributed by atoms with Crippen LogP contribution in [0.3, 0.4) is 0 Å². The second-order valence-corrected chi connectivity index (χ2v) is 22.5. The van der Waals surface area contributed by atoms with Gasteiger partial charge in [0.05, 0.1) is 37.3 Å². The molecule has 0 aromatic heterocycles. The third-order valence-corrected chi connectivity index (χ3v) is 16.7. The first kappa shape index (κ1) is 57.0. The SMILES string of the molecule is CCCCCCCCCCCCOC1CCC(C#CC2CCC(C(=O)OC3CO[C@H]4[C@@H]3OC[C@H]4OC(=O)C3CCC(C#CC4CCC(OCCCCCCCCCCCC)C(F)C4)CC3)CC2)CC1F. The quantitative estimate of drug-likeness (QED) is 0.0435. The van der Waals surface area contributed by atoms with Gasteiger partial charge in [-0.3, -0.25) is 9.59 Å². The van der Waals surface area contributed by atoms with Crippen molar-refractivity contribution in [2.75, 3.05) is 26.4 Å². The highest BCUT2D eigenvalue weighted by molar-refractivity contribution is 5.73. The van der Waals surface area contributed by atoms with Crippen LogP contribution in [0.1, 0.15) is 232 Å². The molecule has 0 amide bonds. The van der Waals surface area contributed by atoms with Gasteiger partial charge in [0.25, 0.3) is 0 Å². The molecule has 6 aliphatic rings. The van der Waals surface area contributed by atoms with Crippen molar-refractivity contribution in [3.8, 4) is 23.7 Å². The maximum Gasteiger partial charge on any atom is 0.309 e. The molecule has 0 spiro atoms. The maximum atomic E-state index is 15.1. The lowest BCUT2D eigenvalue weighted by Crippen LogP contribution is -2.38. The number of esters is 2. The molecule has 10 atom stereocenters. The fraction of sp³-hybridized carbons (Fsp3) is 0.900. The summed E-state index contributed by atoms with van der Waals surface area (Å²) in [6.07, 6.45) is 31.4. The summed E-state index contributed by atoms with van der Waals surface area (Å²) in [6, 6.07) is 0. The molecule has 2 saturated heterocycles. The molecule has 8 nitrogen and oxygen atoms in total. The van der Waals surface area contributed by atoms with Crippen molar-refractivity contribution in [1.82, 2.24) is 0 Å². The molecule has 6 rings (SSSR count). The monoisotopic (exact) mass is 983 g/mol. The van der Waals surface area contributed by atoms with Crippen LogP contribution in [0.25, 0.3) is 0 Å². The van der Waals surface area contributed by atoms with Crippen LogP contribution in [0.5, 0.6) is 0 Å². The average Bonchev–Trinajstić information content (AvgIpc) is 3.97. The van der Waals surface area contributed by atoms with Gasteiger partial charge in [-0.2, -0.15) is 0 Å². The molecule has 2 heterocycles. The van der Waals surface area contributed by atoms with E-state index in [0.717, 1.165) is 64.2 Å². The summed E-state index contributed by atoms with van der Waals surface area (Å²) >= 11 is 0. The number of ether oxygens (including phenoxy) is 6. The van der Waals surface area contributed by atoms with Gasteiger partial charge in [0.2, 0.25) is 0 Å². The van der Waals surface area contributed by atoms with Gasteiger partial charge in [-0.05, 0) is 103 Å². The average molecular weight is 983 g/mol. The fourth-order valence-electron chi connectivity index (χ4n) is 12.0. The minimum Gasteiger partial charge on any atom is -0.457 e. The Morgan fingerprint density at radius 2 is 0.729 bits per heavy atom. The van der Waals surface area contributed by atoms with Gasteiger partial charge in [0.1, 0.15) is 24.6 Å². The normalized spacial score (nSPS) is 33.1. The largest absolute Gasteiger partial charge is 0.457 e. The van der Waals surface area contributed by atoms with Crippen LogP contribution in [0, 0.1) is 59.2 Å². The number of rotatable bonds is 28. The summed E-state index contributed by atoms with van der Waals surface area (Å²) in [4.78, 5) is 26.7. The van der Waals surface area contributed by atoms with Crippen molar-refractivity contribution in [2.45, 2.75) is 281 Å². The van der Waals surface area contributed by atoms with Crippen LogP contribution in [-0.4, -0.2) is 87.3 Å². The van der Waals surface area contributed by atoms with E-state index < -0.39 is 36.8 Å². The lowest BCUT2D eigenvalue weighted by atomic mass is 9.81. The van der Waals surface area contributed by atoms with Crippen molar-refractivity contribution in [1.29, 1.82) is 0 Å². The third kappa shape index (κ3) is 19.9. The van der Waals surface area contributed by atoms with Gasteiger partial charge in [0, 0.05) is 36.9 Å². The number of alkyl halides is 2. The number of unbranched alkanes of at least 4 members (excludes halogenated alkanes) is 18. The number of carbonyl (C=O) groups is 2. The van der Waals surface area contributed by atoms with Gasteiger partial charge in [0.15, 0.2) is 12.2 Å². The zero-order chi connectivity index (χ0) is 49.2. The first-order valence-electron chi connectivity index (χ1n) is 29.5. The smallest absolute Gasteiger partial charge is 0.309 e. The molecule has 70 heavy (non-hydrogen) atoms. The van der Waals surface area contributed by atoms with Gasteiger partial charge in [-0.25, -0.2) is 8.78 Å². The van der Waals surface area contributed by atoms with E-state index in [1.807, 2.05) is 0 Å². The summed E-state index contributed by atoms with van der Waals surface area (Å²) in [5, 5.41) is 0. The van der Waals surface area contributed by atoms with E-state index in [1.165, 1.54) is 116 Å². The van der Waals surface area contributed by atoms with Crippen LogP contribution < -0.4 is 0 Å². The topological polar surface area (TPSA) is 89.5 Å². The van der Waals surface area contributed by atoms with Crippen molar-refractivity contribution in [3.05, 3.63) is 0 Å². The maximum absolute atomic E-state index is 15.1. The van der Waals surface area contributed by atoms with Crippen LogP contribution in [0.4, 0.5) is 8.78 Å². The molecule has 4 saturated carbocycles. The zero-order valence-electron chi connectivity index (χ0n) is 44.0. The summed E-state index contributed by atoms with van der Waals surface area (Å²) in [7, 11) is 0. The highest BCUT2D eigenvalue weighted by Crippen LogP contribution is 2.37. The van der Waals surface area contributed by atoms with Crippen LogP contribution in [-0.2, 0) is 38.0 Å². The highest BCUT2D eigenvalue weighted by atomic mass is 19.1. The van der Waals surface area contributed by atoms with Crippen molar-refractivity contribution >= 4 is 11.9 Å². The molecular formula is C60H96F2O8. The Morgan fingerprint density at radius 1 is 0.414 bits per heavy atom. The van der Waals surface area contributed by atoms with E-state index in [1.54, 1.807) is 0 Å². The Morgan fingerprint density at radius 3 is 1.07 bits per heavy atom. The predicted molar refractivity (Wildman–Crippen MR) is 273 cm³/mol. The van der Waals surface area contributed by atoms with E-state index in [9.17, 15) is 9.59 Å². The van der Waals surface area contributed by atoms with Crippen LogP contribution in [0.2, 0.25) is 0 Å². The molecule has 398 valence electrons. The second kappa shape index (κ2) is 32.8. The van der Waals surface area contributed by atoms with Crippen molar-refractivity contribution in [2.24, 2.45) is 35.5 Å². The summed E-state index contributed by atoms with van der Waals surface area (Å²) in [5.74, 6) is 13.5. The molecule has 0 aromatic carbocycles. The predicted octanol–water partition coefficient (Wildman–Crippen LogP) is 14.1. The Balaban J connectivity index is 0.778. The molecular weight excluding hydrogens is 887 g/mol. The van der Waals surface area contributed by atoms with Gasteiger partial charge >= 0.3 is 11.9 Å². The fourth-order valence-corrected chi connectivity index (χ4v) is 12.0. The molecule has 2 aliphatic heterocycles. The van der Waals surface area contributed by atoms with Gasteiger partial charge in [-0.15, -0.1) is 0 Å². The Kier molecular flexibility index (Phi) is 26.8. The lowest BCUT2D eigenvalue weighted by Gasteiger charge is -2.30. The van der Waals surface area contributed by atoms with E-state index in [2.05, 4.69) is 37.5 Å². The Labute approximate surface area is 424 Å². The Hall–Kier alpha value is -2.24. The number of carbonyl (C=O) groups excluding carboxylic acids is 2. The molecule has 10 heteroatoms. The zero-order valence-corrected chi connectivity index (χ0v) is 44.0. The first-order valence-corrected chi connectivity index (χ1v) is 29.5. The van der Waals surface area contributed by atoms with E-state index in [0.29, 0.717) is 51.7 Å². The van der Waals surface area contributed by atoms with E-state index >= 15 is 8.78 Å². The summed E-state index contributed by atoms with van der Waals surface area (Å²) < 4.78 is 66.2. The molecule has 4 aliphatic carbocycles. The highest BCUT2D eigenvalue weighted by Gasteiger charge is 2.52. The first-order chi connectivity index (χ1) is 34.3. The minimum atomic E-state index is -0.955. The molecule has 0 aromatic rings. The van der Waals surface area contributed by atoms with Crippen molar-refractivity contribution in [3.63, 3.8) is 0 Å². The third-order valence-electron chi connectivity index (χ3n) is 16.7. The molecule has 0 bridgehead atoms. The molecule has 7 unspecified atom stereocenters. The molecule has 0 radical (unpaired) electrons. The van der Waals surface area contributed by atoms with Crippen LogP contribution >= 0.6 is 0 Å². The molecule has 0 N–H and O–H groups in total. The standard InChI is InChI=1S/C60H96F2O8/c1-3-5-7-9-11-13-15-17-19-21-39-65-53-37-31-47(41-51(53)61)25-23-45-27-33-49(34-28-45)59(63)69-55-43-67-58-56(44-68-57(55)58)70-60(64)50-35-29-46(30-36-50)24-26-48-32-38-54(52(62)42-48)66-40-22-20-18-16-14-12-10-8-6-4-2/h45-58H,3-22,27-44H2,1-2H3/t45?,46?,47?,48?,49?,50?,51?,52?,53?,54?,55-,56?,57-,58-/m1/s1.